The van der Waals surface area contributed by atoms with Crippen LogP contribution in [0.1, 0.15) is 35.2 Å². The van der Waals surface area contributed by atoms with E-state index in [0.717, 1.165) is 18.4 Å². The Hall–Kier alpha value is -1.53. The summed E-state index contributed by atoms with van der Waals surface area (Å²) in [6.45, 7) is 2.41. The van der Waals surface area contributed by atoms with E-state index < -0.39 is 0 Å². The minimum atomic E-state index is -0.0188. The van der Waals surface area contributed by atoms with Gasteiger partial charge in [-0.1, -0.05) is 17.7 Å². The van der Waals surface area contributed by atoms with Gasteiger partial charge in [0, 0.05) is 23.2 Å². The number of carbonyl (C=O) groups is 1. The third kappa shape index (κ3) is 2.83. The summed E-state index contributed by atoms with van der Waals surface area (Å²) in [5, 5.41) is 9.25. The number of hydrogen-bond acceptors (Lipinski definition) is 2. The van der Waals surface area contributed by atoms with Crippen LogP contribution in [0.25, 0.3) is 0 Å². The lowest BCUT2D eigenvalue weighted by atomic mass is 10.1. The van der Waals surface area contributed by atoms with Gasteiger partial charge < -0.3 is 4.90 Å². The molecule has 1 aromatic carbocycles. The second-order valence-corrected chi connectivity index (χ2v) is 5.01. The number of benzene rings is 1. The highest BCUT2D eigenvalue weighted by Crippen LogP contribution is 2.29. The Morgan fingerprint density at radius 3 is 2.83 bits per heavy atom. The molecule has 2 rings (SSSR count). The molecule has 0 bridgehead atoms. The molecule has 0 saturated heterocycles. The van der Waals surface area contributed by atoms with Crippen LogP contribution in [0.5, 0.6) is 0 Å². The van der Waals surface area contributed by atoms with Gasteiger partial charge in [0.2, 0.25) is 0 Å². The van der Waals surface area contributed by atoms with Crippen molar-refractivity contribution in [3.05, 3.63) is 34.3 Å². The summed E-state index contributed by atoms with van der Waals surface area (Å²) in [7, 11) is 0. The fourth-order valence-electron chi connectivity index (χ4n) is 1.90. The van der Waals surface area contributed by atoms with Crippen LogP contribution in [-0.4, -0.2) is 23.4 Å². The standard InChI is InChI=1S/C14H15ClN2O/c1-10-3-4-11(9-13(10)15)14(18)17(8-2-7-16)12-5-6-12/h3-4,9,12H,2,5-6,8H2,1H3. The molecule has 4 heteroatoms. The molecule has 18 heavy (non-hydrogen) atoms. The van der Waals surface area contributed by atoms with E-state index in [2.05, 4.69) is 6.07 Å². The summed E-state index contributed by atoms with van der Waals surface area (Å²) < 4.78 is 0. The monoisotopic (exact) mass is 262 g/mol. The van der Waals surface area contributed by atoms with Gasteiger partial charge in [-0.05, 0) is 37.5 Å². The second-order valence-electron chi connectivity index (χ2n) is 4.60. The normalized spacial score (nSPS) is 14.1. The van der Waals surface area contributed by atoms with Crippen LogP contribution in [0.2, 0.25) is 5.02 Å². The van der Waals surface area contributed by atoms with E-state index in [4.69, 9.17) is 16.9 Å². The summed E-state index contributed by atoms with van der Waals surface area (Å²) >= 11 is 6.04. The van der Waals surface area contributed by atoms with Gasteiger partial charge in [0.15, 0.2) is 0 Å². The van der Waals surface area contributed by atoms with Crippen molar-refractivity contribution < 1.29 is 4.79 Å². The average Bonchev–Trinajstić information content (AvgIpc) is 3.17. The lowest BCUT2D eigenvalue weighted by molar-refractivity contribution is 0.0747. The third-order valence-electron chi connectivity index (χ3n) is 3.13. The van der Waals surface area contributed by atoms with Crippen molar-refractivity contribution in [1.82, 2.24) is 4.90 Å². The summed E-state index contributed by atoms with van der Waals surface area (Å²) in [5.74, 6) is -0.0188. The number of amides is 1. The molecule has 1 amide bonds. The minimum absolute atomic E-state index is 0.0188. The van der Waals surface area contributed by atoms with E-state index in [1.807, 2.05) is 13.0 Å². The molecular weight excluding hydrogens is 248 g/mol. The number of aryl methyl sites for hydroxylation is 1. The summed E-state index contributed by atoms with van der Waals surface area (Å²) in [6, 6.07) is 7.76. The Morgan fingerprint density at radius 2 is 2.28 bits per heavy atom. The smallest absolute Gasteiger partial charge is 0.254 e. The van der Waals surface area contributed by atoms with Gasteiger partial charge in [0.1, 0.15) is 0 Å². The fraction of sp³-hybridized carbons (Fsp3) is 0.429. The molecule has 3 nitrogen and oxygen atoms in total. The molecule has 1 fully saturated rings. The molecule has 1 saturated carbocycles. The van der Waals surface area contributed by atoms with E-state index in [9.17, 15) is 4.79 Å². The first kappa shape index (κ1) is 12.9. The Balaban J connectivity index is 2.17. The van der Waals surface area contributed by atoms with E-state index in [1.54, 1.807) is 17.0 Å². The number of rotatable bonds is 4. The molecule has 0 atom stereocenters. The minimum Gasteiger partial charge on any atom is -0.335 e. The molecule has 0 spiro atoms. The Morgan fingerprint density at radius 1 is 1.56 bits per heavy atom. The fourth-order valence-corrected chi connectivity index (χ4v) is 2.08. The average molecular weight is 263 g/mol. The van der Waals surface area contributed by atoms with E-state index in [0.29, 0.717) is 29.6 Å². The predicted octanol–water partition coefficient (Wildman–Crippen LogP) is 3.17. The molecule has 1 aliphatic rings. The molecule has 0 radical (unpaired) electrons. The zero-order valence-corrected chi connectivity index (χ0v) is 11.1. The zero-order chi connectivity index (χ0) is 13.1. The van der Waals surface area contributed by atoms with Crippen molar-refractivity contribution in [3.8, 4) is 6.07 Å². The van der Waals surface area contributed by atoms with E-state index in [1.165, 1.54) is 0 Å². The molecule has 1 aromatic rings. The van der Waals surface area contributed by atoms with Crippen molar-refractivity contribution in [2.45, 2.75) is 32.2 Å². The highest BCUT2D eigenvalue weighted by atomic mass is 35.5. The van der Waals surface area contributed by atoms with Crippen LogP contribution in [0.4, 0.5) is 0 Å². The van der Waals surface area contributed by atoms with Gasteiger partial charge in [-0.2, -0.15) is 5.26 Å². The number of nitriles is 1. The van der Waals surface area contributed by atoms with Gasteiger partial charge in [0.05, 0.1) is 12.5 Å². The SMILES string of the molecule is Cc1ccc(C(=O)N(CCC#N)C2CC2)cc1Cl. The summed E-state index contributed by atoms with van der Waals surface area (Å²) in [5.41, 5.74) is 1.57. The van der Waals surface area contributed by atoms with Crippen LogP contribution < -0.4 is 0 Å². The van der Waals surface area contributed by atoms with Gasteiger partial charge >= 0.3 is 0 Å². The third-order valence-corrected chi connectivity index (χ3v) is 3.54. The van der Waals surface area contributed by atoms with Crippen molar-refractivity contribution in [3.63, 3.8) is 0 Å². The highest BCUT2D eigenvalue weighted by molar-refractivity contribution is 6.31. The highest BCUT2D eigenvalue weighted by Gasteiger charge is 2.32. The maximum Gasteiger partial charge on any atom is 0.254 e. The first-order valence-corrected chi connectivity index (χ1v) is 6.45. The quantitative estimate of drug-likeness (QED) is 0.837. The summed E-state index contributed by atoms with van der Waals surface area (Å²) in [6.07, 6.45) is 2.45. The molecule has 0 heterocycles. The van der Waals surface area contributed by atoms with Crippen molar-refractivity contribution in [2.24, 2.45) is 0 Å². The topological polar surface area (TPSA) is 44.1 Å². The van der Waals surface area contributed by atoms with E-state index >= 15 is 0 Å². The van der Waals surface area contributed by atoms with Crippen molar-refractivity contribution >= 4 is 17.5 Å². The van der Waals surface area contributed by atoms with Gasteiger partial charge in [-0.15, -0.1) is 0 Å². The van der Waals surface area contributed by atoms with Crippen molar-refractivity contribution in [1.29, 1.82) is 5.26 Å². The van der Waals surface area contributed by atoms with Crippen molar-refractivity contribution in [2.75, 3.05) is 6.54 Å². The van der Waals surface area contributed by atoms with Crippen LogP contribution in [-0.2, 0) is 0 Å². The Bertz CT molecular complexity index is 503. The Labute approximate surface area is 112 Å². The van der Waals surface area contributed by atoms with Crippen LogP contribution >= 0.6 is 11.6 Å². The summed E-state index contributed by atoms with van der Waals surface area (Å²) in [4.78, 5) is 14.1. The zero-order valence-electron chi connectivity index (χ0n) is 10.3. The molecular formula is C14H15ClN2O. The molecule has 0 aromatic heterocycles. The lowest BCUT2D eigenvalue weighted by Gasteiger charge is -2.21. The van der Waals surface area contributed by atoms with E-state index in [-0.39, 0.29) is 5.91 Å². The number of carbonyl (C=O) groups excluding carboxylic acids is 1. The Kier molecular flexibility index (Phi) is 3.88. The molecule has 0 N–H and O–H groups in total. The van der Waals surface area contributed by atoms with Gasteiger partial charge in [0.25, 0.3) is 5.91 Å². The van der Waals surface area contributed by atoms with Gasteiger partial charge in [-0.3, -0.25) is 4.79 Å². The lowest BCUT2D eigenvalue weighted by Crippen LogP contribution is -2.33. The predicted molar refractivity (Wildman–Crippen MR) is 70.5 cm³/mol. The molecule has 94 valence electrons. The maximum atomic E-state index is 12.4. The maximum absolute atomic E-state index is 12.4. The first-order chi connectivity index (χ1) is 8.63. The second kappa shape index (κ2) is 5.41. The number of nitrogens with zero attached hydrogens (tertiary/aromatic N) is 2. The number of halogens is 1. The van der Waals surface area contributed by atoms with Crippen LogP contribution in [0.15, 0.2) is 18.2 Å². The number of hydrogen-bond donors (Lipinski definition) is 0. The van der Waals surface area contributed by atoms with Crippen LogP contribution in [0.3, 0.4) is 0 Å². The van der Waals surface area contributed by atoms with Crippen LogP contribution in [0, 0.1) is 18.3 Å². The molecule has 0 unspecified atom stereocenters. The first-order valence-electron chi connectivity index (χ1n) is 6.07. The molecule has 1 aliphatic carbocycles. The van der Waals surface area contributed by atoms with Gasteiger partial charge in [-0.25, -0.2) is 0 Å². The molecule has 0 aliphatic heterocycles. The largest absolute Gasteiger partial charge is 0.335 e.